The first-order valence-electron chi connectivity index (χ1n) is 6.11. The van der Waals surface area contributed by atoms with Gasteiger partial charge in [-0.15, -0.1) is 13.2 Å². The minimum absolute atomic E-state index is 0.201. The average molecular weight is 364 g/mol. The van der Waals surface area contributed by atoms with Crippen molar-refractivity contribution in [3.63, 3.8) is 0 Å². The number of nitrogens with one attached hydrogen (secondary N) is 1. The molecule has 1 heterocycles. The Bertz CT molecular complexity index is 625. The van der Waals surface area contributed by atoms with E-state index in [0.717, 1.165) is 0 Å². The monoisotopic (exact) mass is 363 g/mol. The number of hydrogen-bond donors (Lipinski definition) is 1. The van der Waals surface area contributed by atoms with E-state index in [-0.39, 0.29) is 16.3 Å². The second kappa shape index (κ2) is 5.97. The van der Waals surface area contributed by atoms with Gasteiger partial charge in [0.05, 0.1) is 4.47 Å². The van der Waals surface area contributed by atoms with Crippen LogP contribution in [0.4, 0.5) is 24.8 Å². The highest BCUT2D eigenvalue weighted by atomic mass is 79.9. The zero-order chi connectivity index (χ0) is 15.6. The highest BCUT2D eigenvalue weighted by molar-refractivity contribution is 9.10. The first-order chi connectivity index (χ1) is 9.76. The van der Waals surface area contributed by atoms with Crippen molar-refractivity contribution >= 4 is 27.6 Å². The van der Waals surface area contributed by atoms with Crippen LogP contribution in [0, 0.1) is 0 Å². The quantitative estimate of drug-likeness (QED) is 0.842. The maximum Gasteiger partial charge on any atom is 0.573 e. The normalized spacial score (nSPS) is 11.8. The lowest BCUT2D eigenvalue weighted by atomic mass is 10.3. The smallest absolute Gasteiger partial charge is 0.405 e. The van der Waals surface area contributed by atoms with Crippen LogP contribution >= 0.6 is 15.9 Å². The van der Waals surface area contributed by atoms with Gasteiger partial charge in [-0.25, -0.2) is 4.98 Å². The maximum atomic E-state index is 12.2. The average Bonchev–Trinajstić information content (AvgIpc) is 2.79. The second-order valence-corrected chi connectivity index (χ2v) is 5.42. The van der Waals surface area contributed by atoms with Crippen molar-refractivity contribution in [2.75, 3.05) is 5.32 Å². The summed E-state index contributed by atoms with van der Waals surface area (Å²) < 4.78 is 42.6. The van der Waals surface area contributed by atoms with Gasteiger partial charge in [0.15, 0.2) is 0 Å². The predicted octanol–water partition coefficient (Wildman–Crippen LogP) is 4.87. The molecule has 0 saturated heterocycles. The van der Waals surface area contributed by atoms with Crippen molar-refractivity contribution in [2.24, 2.45) is 0 Å². The van der Waals surface area contributed by atoms with E-state index in [9.17, 15) is 13.2 Å². The minimum atomic E-state index is -4.72. The standard InChI is InChI=1S/C13H13BrF3N3O/c1-8(2)20-6-5-18-12(20)19-9-3-4-11(10(14)7-9)21-13(15,16)17/h3-8H,1-2H3,(H,18,19). The third-order valence-corrected chi connectivity index (χ3v) is 3.26. The summed E-state index contributed by atoms with van der Waals surface area (Å²) in [5.74, 6) is 0.321. The summed E-state index contributed by atoms with van der Waals surface area (Å²) in [5, 5.41) is 3.05. The Morgan fingerprint density at radius 3 is 2.62 bits per heavy atom. The summed E-state index contributed by atoms with van der Waals surface area (Å²) in [6, 6.07) is 4.44. The molecule has 2 aromatic rings. The van der Waals surface area contributed by atoms with Crippen LogP contribution < -0.4 is 10.1 Å². The van der Waals surface area contributed by atoms with Crippen LogP contribution in [-0.4, -0.2) is 15.9 Å². The van der Waals surface area contributed by atoms with Crippen molar-refractivity contribution in [1.82, 2.24) is 9.55 Å². The molecule has 1 aromatic heterocycles. The highest BCUT2D eigenvalue weighted by Gasteiger charge is 2.31. The Kier molecular flexibility index (Phi) is 4.46. The van der Waals surface area contributed by atoms with Gasteiger partial charge in [-0.3, -0.25) is 0 Å². The van der Waals surface area contributed by atoms with Crippen molar-refractivity contribution < 1.29 is 17.9 Å². The van der Waals surface area contributed by atoms with E-state index in [1.165, 1.54) is 18.2 Å². The SMILES string of the molecule is CC(C)n1ccnc1Nc1ccc(OC(F)(F)F)c(Br)c1. The number of ether oxygens (including phenoxy) is 1. The fourth-order valence-corrected chi connectivity index (χ4v) is 2.20. The van der Waals surface area contributed by atoms with Gasteiger partial charge in [-0.05, 0) is 48.0 Å². The largest absolute Gasteiger partial charge is 0.573 e. The number of alkyl halides is 3. The molecule has 0 spiro atoms. The van der Waals surface area contributed by atoms with Crippen LogP contribution in [0.2, 0.25) is 0 Å². The molecule has 0 atom stereocenters. The first-order valence-corrected chi connectivity index (χ1v) is 6.91. The lowest BCUT2D eigenvalue weighted by molar-refractivity contribution is -0.274. The number of benzene rings is 1. The van der Waals surface area contributed by atoms with Crippen LogP contribution in [0.15, 0.2) is 35.1 Å². The number of imidazole rings is 1. The molecule has 4 nitrogen and oxygen atoms in total. The second-order valence-electron chi connectivity index (χ2n) is 4.57. The van der Waals surface area contributed by atoms with Gasteiger partial charge in [0.2, 0.25) is 5.95 Å². The van der Waals surface area contributed by atoms with Gasteiger partial charge in [0.25, 0.3) is 0 Å². The predicted molar refractivity (Wildman–Crippen MR) is 76.7 cm³/mol. The summed E-state index contributed by atoms with van der Waals surface area (Å²) in [6.07, 6.45) is -1.24. The minimum Gasteiger partial charge on any atom is -0.405 e. The van der Waals surface area contributed by atoms with Gasteiger partial charge in [0.1, 0.15) is 5.75 Å². The molecule has 0 fully saturated rings. The summed E-state index contributed by atoms with van der Waals surface area (Å²) >= 11 is 3.06. The molecule has 0 amide bonds. The number of hydrogen-bond acceptors (Lipinski definition) is 3. The van der Waals surface area contributed by atoms with Crippen LogP contribution in [0.5, 0.6) is 5.75 Å². The van der Waals surface area contributed by atoms with Crippen LogP contribution in [0.25, 0.3) is 0 Å². The van der Waals surface area contributed by atoms with Crippen LogP contribution in [0.1, 0.15) is 19.9 Å². The van der Waals surface area contributed by atoms with Crippen molar-refractivity contribution in [3.05, 3.63) is 35.1 Å². The van der Waals surface area contributed by atoms with E-state index in [1.54, 1.807) is 6.20 Å². The molecule has 1 aromatic carbocycles. The molecule has 8 heteroatoms. The zero-order valence-electron chi connectivity index (χ0n) is 11.3. The number of halogens is 4. The van der Waals surface area contributed by atoms with E-state index in [2.05, 4.69) is 31.0 Å². The Morgan fingerprint density at radius 2 is 2.05 bits per heavy atom. The topological polar surface area (TPSA) is 39.1 Å². The van der Waals surface area contributed by atoms with E-state index in [1.807, 2.05) is 24.6 Å². The van der Waals surface area contributed by atoms with Gasteiger partial charge in [-0.2, -0.15) is 0 Å². The van der Waals surface area contributed by atoms with E-state index in [0.29, 0.717) is 11.6 Å². The molecule has 0 saturated carbocycles. The number of anilines is 2. The van der Waals surface area contributed by atoms with Crippen molar-refractivity contribution in [1.29, 1.82) is 0 Å². The third kappa shape index (κ3) is 4.13. The highest BCUT2D eigenvalue weighted by Crippen LogP contribution is 2.33. The molecule has 2 rings (SSSR count). The molecule has 0 bridgehead atoms. The lowest BCUT2D eigenvalue weighted by Crippen LogP contribution is -2.17. The van der Waals surface area contributed by atoms with E-state index in [4.69, 9.17) is 0 Å². The Morgan fingerprint density at radius 1 is 1.33 bits per heavy atom. The molecule has 0 aliphatic heterocycles. The number of aromatic nitrogens is 2. The zero-order valence-corrected chi connectivity index (χ0v) is 12.9. The first kappa shape index (κ1) is 15.7. The summed E-state index contributed by atoms with van der Waals surface area (Å²) in [7, 11) is 0. The molecule has 0 aliphatic carbocycles. The van der Waals surface area contributed by atoms with Gasteiger partial charge in [0, 0.05) is 24.1 Å². The fraction of sp³-hybridized carbons (Fsp3) is 0.308. The molecular weight excluding hydrogens is 351 g/mol. The molecule has 0 unspecified atom stereocenters. The maximum absolute atomic E-state index is 12.2. The fourth-order valence-electron chi connectivity index (χ4n) is 1.74. The molecule has 1 N–H and O–H groups in total. The Labute approximate surface area is 128 Å². The van der Waals surface area contributed by atoms with Gasteiger partial charge in [-0.1, -0.05) is 0 Å². The number of nitrogens with zero attached hydrogens (tertiary/aromatic N) is 2. The molecule has 0 aliphatic rings. The van der Waals surface area contributed by atoms with Gasteiger partial charge >= 0.3 is 6.36 Å². The van der Waals surface area contributed by atoms with Crippen molar-refractivity contribution in [3.8, 4) is 5.75 Å². The molecule has 0 radical (unpaired) electrons. The number of rotatable bonds is 4. The van der Waals surface area contributed by atoms with Crippen LogP contribution in [0.3, 0.4) is 0 Å². The van der Waals surface area contributed by atoms with Gasteiger partial charge < -0.3 is 14.6 Å². The van der Waals surface area contributed by atoms with Crippen molar-refractivity contribution in [2.45, 2.75) is 26.3 Å². The summed E-state index contributed by atoms with van der Waals surface area (Å²) in [6.45, 7) is 4.01. The third-order valence-electron chi connectivity index (χ3n) is 2.64. The summed E-state index contributed by atoms with van der Waals surface area (Å²) in [4.78, 5) is 4.17. The molecule has 21 heavy (non-hydrogen) atoms. The molecular formula is C13H13BrF3N3O. The molecule has 114 valence electrons. The van der Waals surface area contributed by atoms with E-state index < -0.39 is 6.36 Å². The Balaban J connectivity index is 2.19. The lowest BCUT2D eigenvalue weighted by Gasteiger charge is -2.14. The summed E-state index contributed by atoms with van der Waals surface area (Å²) in [5.41, 5.74) is 0.601. The Hall–Kier alpha value is -1.70. The van der Waals surface area contributed by atoms with Crippen LogP contribution in [-0.2, 0) is 0 Å². The van der Waals surface area contributed by atoms with E-state index >= 15 is 0 Å².